The quantitative estimate of drug-likeness (QED) is 0.432. The van der Waals surface area contributed by atoms with Crippen molar-refractivity contribution in [3.8, 4) is 0 Å². The molecule has 1 aliphatic heterocycles. The lowest BCUT2D eigenvalue weighted by Gasteiger charge is -2.23. The van der Waals surface area contributed by atoms with Crippen LogP contribution in [0.25, 0.3) is 0 Å². The molecule has 2 unspecified atom stereocenters. The Balaban J connectivity index is 2.16. The Bertz CT molecular complexity index is 129. The second-order valence-corrected chi connectivity index (χ2v) is 4.44. The first-order chi connectivity index (χ1) is 6.29. The van der Waals surface area contributed by atoms with Crippen molar-refractivity contribution in [3.05, 3.63) is 0 Å². The van der Waals surface area contributed by atoms with E-state index in [0.29, 0.717) is 0 Å². The summed E-state index contributed by atoms with van der Waals surface area (Å²) in [5.41, 5.74) is 0. The summed E-state index contributed by atoms with van der Waals surface area (Å²) in [5, 5.41) is 0. The molecule has 1 heterocycles. The highest BCUT2D eigenvalue weighted by atomic mass is 15.3. The minimum atomic E-state index is 0.849. The van der Waals surface area contributed by atoms with E-state index in [1.54, 1.807) is 0 Å². The maximum absolute atomic E-state index is 2.60. The van der Waals surface area contributed by atoms with E-state index in [-0.39, 0.29) is 0 Å². The molecule has 0 N–H and O–H groups in total. The van der Waals surface area contributed by atoms with Gasteiger partial charge in [-0.3, -0.25) is 4.90 Å². The average molecular weight is 183 g/mol. The molecule has 78 valence electrons. The largest absolute Gasteiger partial charge is 0.298 e. The number of unbranched alkanes of at least 4 members (excludes halogenated alkanes) is 2. The molecular weight excluding hydrogens is 158 g/mol. The van der Waals surface area contributed by atoms with Gasteiger partial charge in [-0.2, -0.15) is 0 Å². The second kappa shape index (κ2) is 5.64. The summed E-state index contributed by atoms with van der Waals surface area (Å²) < 4.78 is 0. The average Bonchev–Trinajstić information content (AvgIpc) is 2.94. The van der Waals surface area contributed by atoms with Crippen LogP contribution in [-0.4, -0.2) is 24.0 Å². The van der Waals surface area contributed by atoms with Crippen LogP contribution in [0.1, 0.15) is 52.9 Å². The van der Waals surface area contributed by atoms with Crippen molar-refractivity contribution in [2.24, 2.45) is 5.92 Å². The van der Waals surface area contributed by atoms with E-state index in [1.165, 1.54) is 45.2 Å². The van der Waals surface area contributed by atoms with Crippen LogP contribution in [-0.2, 0) is 0 Å². The molecular formula is C12H25N. The fourth-order valence-electron chi connectivity index (χ4n) is 2.21. The second-order valence-electron chi connectivity index (χ2n) is 4.44. The van der Waals surface area contributed by atoms with Crippen LogP contribution in [0.3, 0.4) is 0 Å². The van der Waals surface area contributed by atoms with Crippen LogP contribution in [0.5, 0.6) is 0 Å². The van der Waals surface area contributed by atoms with Crippen LogP contribution >= 0.6 is 0 Å². The minimum Gasteiger partial charge on any atom is -0.298 e. The highest BCUT2D eigenvalue weighted by Gasteiger charge is 2.28. The fourth-order valence-corrected chi connectivity index (χ4v) is 2.21. The van der Waals surface area contributed by atoms with Crippen LogP contribution in [0.2, 0.25) is 0 Å². The normalized spacial score (nSPS) is 21.5. The van der Waals surface area contributed by atoms with E-state index in [0.717, 1.165) is 12.0 Å². The van der Waals surface area contributed by atoms with Crippen LogP contribution in [0.15, 0.2) is 0 Å². The molecule has 1 aliphatic rings. The molecule has 13 heavy (non-hydrogen) atoms. The highest BCUT2D eigenvalue weighted by molar-refractivity contribution is 4.83. The molecule has 0 aromatic carbocycles. The molecule has 0 spiro atoms. The smallest absolute Gasteiger partial charge is 0.0113 e. The van der Waals surface area contributed by atoms with E-state index in [2.05, 4.69) is 25.7 Å². The van der Waals surface area contributed by atoms with E-state index < -0.39 is 0 Å². The maximum atomic E-state index is 2.60. The Hall–Kier alpha value is -0.0400. The SMILES string of the molecule is CCCCCC(CC)C(C)N1CC1. The summed E-state index contributed by atoms with van der Waals surface area (Å²) in [5.74, 6) is 0.953. The first-order valence-electron chi connectivity index (χ1n) is 6.03. The Morgan fingerprint density at radius 3 is 2.31 bits per heavy atom. The molecule has 1 rings (SSSR count). The molecule has 0 amide bonds. The van der Waals surface area contributed by atoms with Crippen molar-refractivity contribution >= 4 is 0 Å². The topological polar surface area (TPSA) is 3.01 Å². The number of hydrogen-bond acceptors (Lipinski definition) is 1. The van der Waals surface area contributed by atoms with Gasteiger partial charge in [-0.25, -0.2) is 0 Å². The molecule has 1 saturated heterocycles. The summed E-state index contributed by atoms with van der Waals surface area (Å²) in [7, 11) is 0. The number of hydrogen-bond donors (Lipinski definition) is 0. The van der Waals surface area contributed by atoms with Crippen molar-refractivity contribution in [2.45, 2.75) is 58.9 Å². The standard InChI is InChI=1S/C12H25N/c1-4-6-7-8-12(5-2)11(3)13-9-10-13/h11-12H,4-10H2,1-3H3. The number of nitrogens with zero attached hydrogens (tertiary/aromatic N) is 1. The van der Waals surface area contributed by atoms with Crippen LogP contribution < -0.4 is 0 Å². The van der Waals surface area contributed by atoms with Crippen molar-refractivity contribution in [3.63, 3.8) is 0 Å². The minimum absolute atomic E-state index is 0.849. The van der Waals surface area contributed by atoms with Gasteiger partial charge in [0.15, 0.2) is 0 Å². The van der Waals surface area contributed by atoms with Crippen molar-refractivity contribution in [2.75, 3.05) is 13.1 Å². The Kier molecular flexibility index (Phi) is 4.79. The zero-order valence-corrected chi connectivity index (χ0v) is 9.55. The van der Waals surface area contributed by atoms with E-state index >= 15 is 0 Å². The predicted molar refractivity (Wildman–Crippen MR) is 59.0 cm³/mol. The zero-order valence-electron chi connectivity index (χ0n) is 9.55. The molecule has 0 aromatic heterocycles. The third-order valence-corrected chi connectivity index (χ3v) is 3.44. The van der Waals surface area contributed by atoms with Gasteiger partial charge in [0, 0.05) is 19.1 Å². The number of rotatable bonds is 7. The van der Waals surface area contributed by atoms with Crippen LogP contribution in [0.4, 0.5) is 0 Å². The van der Waals surface area contributed by atoms with Gasteiger partial charge < -0.3 is 0 Å². The first kappa shape index (κ1) is 11.0. The van der Waals surface area contributed by atoms with Crippen molar-refractivity contribution < 1.29 is 0 Å². The molecule has 0 aliphatic carbocycles. The van der Waals surface area contributed by atoms with Crippen LogP contribution in [0, 0.1) is 5.92 Å². The molecule has 1 nitrogen and oxygen atoms in total. The molecule has 1 heteroatoms. The van der Waals surface area contributed by atoms with Gasteiger partial charge in [0.05, 0.1) is 0 Å². The van der Waals surface area contributed by atoms with Gasteiger partial charge in [-0.15, -0.1) is 0 Å². The summed E-state index contributed by atoms with van der Waals surface area (Å²) in [6, 6.07) is 0.849. The summed E-state index contributed by atoms with van der Waals surface area (Å²) in [4.78, 5) is 2.60. The maximum Gasteiger partial charge on any atom is 0.0113 e. The van der Waals surface area contributed by atoms with Crippen molar-refractivity contribution in [1.29, 1.82) is 0 Å². The molecule has 2 atom stereocenters. The van der Waals surface area contributed by atoms with Gasteiger partial charge in [0.2, 0.25) is 0 Å². The molecule has 0 radical (unpaired) electrons. The van der Waals surface area contributed by atoms with E-state index in [1.807, 2.05) is 0 Å². The Morgan fingerprint density at radius 2 is 1.85 bits per heavy atom. The van der Waals surface area contributed by atoms with E-state index in [4.69, 9.17) is 0 Å². The molecule has 0 bridgehead atoms. The lowest BCUT2D eigenvalue weighted by Crippen LogP contribution is -2.24. The lowest BCUT2D eigenvalue weighted by molar-refractivity contribution is 0.270. The molecule has 1 fully saturated rings. The highest BCUT2D eigenvalue weighted by Crippen LogP contribution is 2.25. The lowest BCUT2D eigenvalue weighted by atomic mass is 9.92. The van der Waals surface area contributed by atoms with Gasteiger partial charge in [0.1, 0.15) is 0 Å². The third kappa shape index (κ3) is 3.68. The van der Waals surface area contributed by atoms with E-state index in [9.17, 15) is 0 Å². The third-order valence-electron chi connectivity index (χ3n) is 3.44. The summed E-state index contributed by atoms with van der Waals surface area (Å²) >= 11 is 0. The van der Waals surface area contributed by atoms with Gasteiger partial charge in [0.25, 0.3) is 0 Å². The summed E-state index contributed by atoms with van der Waals surface area (Å²) in [6.07, 6.45) is 7.02. The predicted octanol–water partition coefficient (Wildman–Crippen LogP) is 3.30. The zero-order chi connectivity index (χ0) is 9.68. The Morgan fingerprint density at radius 1 is 1.15 bits per heavy atom. The summed E-state index contributed by atoms with van der Waals surface area (Å²) in [6.45, 7) is 9.75. The fraction of sp³-hybridized carbons (Fsp3) is 1.00. The molecule has 0 aromatic rings. The van der Waals surface area contributed by atoms with Gasteiger partial charge >= 0.3 is 0 Å². The molecule has 0 saturated carbocycles. The van der Waals surface area contributed by atoms with Gasteiger partial charge in [-0.1, -0.05) is 39.5 Å². The van der Waals surface area contributed by atoms with Gasteiger partial charge in [-0.05, 0) is 19.3 Å². The van der Waals surface area contributed by atoms with Crippen molar-refractivity contribution in [1.82, 2.24) is 4.90 Å². The first-order valence-corrected chi connectivity index (χ1v) is 6.03. The Labute approximate surface area is 83.5 Å². The monoisotopic (exact) mass is 183 g/mol.